The molecule has 6 heteroatoms. The minimum absolute atomic E-state index is 0.152. The van der Waals surface area contributed by atoms with Gasteiger partial charge in [0.15, 0.2) is 0 Å². The summed E-state index contributed by atoms with van der Waals surface area (Å²) in [4.78, 5) is 14.8. The smallest absolute Gasteiger partial charge is 0.244 e. The number of hydrogen-bond acceptors (Lipinski definition) is 5. The minimum atomic E-state index is -0.152. The van der Waals surface area contributed by atoms with Crippen LogP contribution in [0, 0.1) is 0 Å². The van der Waals surface area contributed by atoms with Crippen molar-refractivity contribution in [2.24, 2.45) is 0 Å². The number of morpholine rings is 1. The molecule has 1 saturated heterocycles. The summed E-state index contributed by atoms with van der Waals surface area (Å²) in [5, 5.41) is 2.99. The summed E-state index contributed by atoms with van der Waals surface area (Å²) in [5.41, 5.74) is 3.16. The molecular formula is C25H32N2O4. The summed E-state index contributed by atoms with van der Waals surface area (Å²) < 4.78 is 16.4. The molecular weight excluding hydrogens is 392 g/mol. The predicted molar refractivity (Wildman–Crippen MR) is 122 cm³/mol. The molecule has 0 aromatic heterocycles. The van der Waals surface area contributed by atoms with E-state index in [1.54, 1.807) is 26.4 Å². The first-order valence-electron chi connectivity index (χ1n) is 10.6. The van der Waals surface area contributed by atoms with E-state index in [0.29, 0.717) is 18.0 Å². The van der Waals surface area contributed by atoms with Crippen LogP contribution in [-0.2, 0) is 22.6 Å². The van der Waals surface area contributed by atoms with Crippen LogP contribution in [0.2, 0.25) is 0 Å². The highest BCUT2D eigenvalue weighted by atomic mass is 16.5. The Kier molecular flexibility index (Phi) is 8.09. The van der Waals surface area contributed by atoms with Gasteiger partial charge < -0.3 is 19.5 Å². The minimum Gasteiger partial charge on any atom is -0.497 e. The molecule has 1 amide bonds. The summed E-state index contributed by atoms with van der Waals surface area (Å²) in [6, 6.07) is 13.7. The van der Waals surface area contributed by atoms with E-state index in [-0.39, 0.29) is 18.1 Å². The van der Waals surface area contributed by atoms with Gasteiger partial charge in [0.1, 0.15) is 11.5 Å². The van der Waals surface area contributed by atoms with Gasteiger partial charge in [-0.25, -0.2) is 0 Å². The molecule has 2 atom stereocenters. The summed E-state index contributed by atoms with van der Waals surface area (Å²) in [6.45, 7) is 7.38. The quantitative estimate of drug-likeness (QED) is 0.656. The fourth-order valence-corrected chi connectivity index (χ4v) is 3.90. The molecule has 3 rings (SSSR count). The van der Waals surface area contributed by atoms with Gasteiger partial charge in [-0.15, -0.1) is 0 Å². The van der Waals surface area contributed by atoms with Gasteiger partial charge in [-0.2, -0.15) is 0 Å². The van der Waals surface area contributed by atoms with Gasteiger partial charge in [0, 0.05) is 43.9 Å². The third-order valence-corrected chi connectivity index (χ3v) is 5.32. The van der Waals surface area contributed by atoms with Crippen LogP contribution in [-0.4, -0.2) is 50.3 Å². The summed E-state index contributed by atoms with van der Waals surface area (Å²) in [7, 11) is 3.20. The van der Waals surface area contributed by atoms with E-state index in [0.717, 1.165) is 30.8 Å². The largest absolute Gasteiger partial charge is 0.497 e. The monoisotopic (exact) mass is 424 g/mol. The van der Waals surface area contributed by atoms with E-state index in [1.807, 2.05) is 24.3 Å². The topological polar surface area (TPSA) is 60.0 Å². The lowest BCUT2D eigenvalue weighted by atomic mass is 10.1. The SMILES string of the molecule is COc1ccc(/C=C/C(=O)NCc2ccccc2CN2CC(C)OC(C)C2)c(OC)c1. The molecule has 0 aliphatic carbocycles. The number of nitrogens with one attached hydrogen (secondary N) is 1. The third kappa shape index (κ3) is 6.57. The van der Waals surface area contributed by atoms with Gasteiger partial charge in [0.2, 0.25) is 5.91 Å². The van der Waals surface area contributed by atoms with E-state index in [9.17, 15) is 4.79 Å². The van der Waals surface area contributed by atoms with Gasteiger partial charge in [0.05, 0.1) is 26.4 Å². The van der Waals surface area contributed by atoms with Crippen molar-refractivity contribution in [2.45, 2.75) is 39.1 Å². The normalized spacial score (nSPS) is 19.4. The summed E-state index contributed by atoms with van der Waals surface area (Å²) in [5.74, 6) is 1.21. The maximum Gasteiger partial charge on any atom is 0.244 e. The van der Waals surface area contributed by atoms with E-state index in [4.69, 9.17) is 14.2 Å². The molecule has 0 radical (unpaired) electrons. The molecule has 2 unspecified atom stereocenters. The van der Waals surface area contributed by atoms with Crippen LogP contribution in [0.1, 0.15) is 30.5 Å². The second-order valence-corrected chi connectivity index (χ2v) is 7.88. The molecule has 1 aliphatic heterocycles. The molecule has 1 N–H and O–H groups in total. The van der Waals surface area contributed by atoms with Crippen LogP contribution in [0.5, 0.6) is 11.5 Å². The zero-order valence-corrected chi connectivity index (χ0v) is 18.8. The van der Waals surface area contributed by atoms with Crippen LogP contribution in [0.3, 0.4) is 0 Å². The molecule has 166 valence electrons. The van der Waals surface area contributed by atoms with Crippen molar-refractivity contribution >= 4 is 12.0 Å². The van der Waals surface area contributed by atoms with Gasteiger partial charge in [-0.05, 0) is 43.2 Å². The molecule has 0 spiro atoms. The standard InChI is InChI=1S/C25H32N2O4/c1-18-15-27(16-19(2)31-18)17-22-8-6-5-7-21(22)14-26-25(28)12-10-20-9-11-23(29-3)13-24(20)30-4/h5-13,18-19H,14-17H2,1-4H3,(H,26,28)/b12-10+. The summed E-state index contributed by atoms with van der Waals surface area (Å²) in [6.07, 6.45) is 3.74. The second-order valence-electron chi connectivity index (χ2n) is 7.88. The van der Waals surface area contributed by atoms with Crippen molar-refractivity contribution < 1.29 is 19.0 Å². The fourth-order valence-electron chi connectivity index (χ4n) is 3.90. The number of hydrogen-bond donors (Lipinski definition) is 1. The number of carbonyl (C=O) groups is 1. The van der Waals surface area contributed by atoms with E-state index in [1.165, 1.54) is 11.6 Å². The molecule has 1 fully saturated rings. The van der Waals surface area contributed by atoms with Crippen molar-refractivity contribution in [3.05, 3.63) is 65.2 Å². The van der Waals surface area contributed by atoms with Crippen molar-refractivity contribution in [2.75, 3.05) is 27.3 Å². The van der Waals surface area contributed by atoms with E-state index < -0.39 is 0 Å². The maximum absolute atomic E-state index is 12.4. The number of rotatable bonds is 8. The zero-order chi connectivity index (χ0) is 22.2. The predicted octanol–water partition coefficient (Wildman–Crippen LogP) is 3.64. The molecule has 6 nitrogen and oxygen atoms in total. The number of methoxy groups -OCH3 is 2. The highest BCUT2D eigenvalue weighted by Crippen LogP contribution is 2.25. The lowest BCUT2D eigenvalue weighted by Gasteiger charge is -2.35. The molecule has 2 aromatic rings. The average molecular weight is 425 g/mol. The van der Waals surface area contributed by atoms with Crippen LogP contribution < -0.4 is 14.8 Å². The fraction of sp³-hybridized carbons (Fsp3) is 0.400. The highest BCUT2D eigenvalue weighted by Gasteiger charge is 2.22. The Morgan fingerprint density at radius 1 is 1.10 bits per heavy atom. The average Bonchev–Trinajstić information content (AvgIpc) is 2.76. The number of benzene rings is 2. The van der Waals surface area contributed by atoms with Crippen molar-refractivity contribution in [1.82, 2.24) is 10.2 Å². The Morgan fingerprint density at radius 2 is 1.81 bits per heavy atom. The molecule has 1 heterocycles. The first-order chi connectivity index (χ1) is 15.0. The van der Waals surface area contributed by atoms with Crippen molar-refractivity contribution in [3.8, 4) is 11.5 Å². The van der Waals surface area contributed by atoms with Gasteiger partial charge in [-0.1, -0.05) is 24.3 Å². The molecule has 0 saturated carbocycles. The molecule has 2 aromatic carbocycles. The lowest BCUT2D eigenvalue weighted by molar-refractivity contribution is -0.116. The van der Waals surface area contributed by atoms with Crippen LogP contribution >= 0.6 is 0 Å². The maximum atomic E-state index is 12.4. The number of carbonyl (C=O) groups excluding carboxylic acids is 1. The van der Waals surface area contributed by atoms with E-state index in [2.05, 4.69) is 36.2 Å². The molecule has 1 aliphatic rings. The van der Waals surface area contributed by atoms with Crippen molar-refractivity contribution in [3.63, 3.8) is 0 Å². The Morgan fingerprint density at radius 3 is 2.48 bits per heavy atom. The first-order valence-corrected chi connectivity index (χ1v) is 10.6. The Bertz CT molecular complexity index is 902. The second kappa shape index (κ2) is 11.0. The molecule has 0 bridgehead atoms. The van der Waals surface area contributed by atoms with Crippen LogP contribution in [0.25, 0.3) is 6.08 Å². The number of ether oxygens (including phenoxy) is 3. The van der Waals surface area contributed by atoms with Gasteiger partial charge in [0.25, 0.3) is 0 Å². The highest BCUT2D eigenvalue weighted by molar-refractivity contribution is 5.92. The van der Waals surface area contributed by atoms with Crippen molar-refractivity contribution in [1.29, 1.82) is 0 Å². The first kappa shape index (κ1) is 22.8. The number of amides is 1. The summed E-state index contributed by atoms with van der Waals surface area (Å²) >= 11 is 0. The number of nitrogens with zero attached hydrogens (tertiary/aromatic N) is 1. The Balaban J connectivity index is 1.60. The molecule has 31 heavy (non-hydrogen) atoms. The van der Waals surface area contributed by atoms with Crippen LogP contribution in [0.4, 0.5) is 0 Å². The van der Waals surface area contributed by atoms with Gasteiger partial charge in [-0.3, -0.25) is 9.69 Å². The zero-order valence-electron chi connectivity index (χ0n) is 18.8. The lowest BCUT2D eigenvalue weighted by Crippen LogP contribution is -2.45. The van der Waals surface area contributed by atoms with Crippen LogP contribution in [0.15, 0.2) is 48.5 Å². The Hall–Kier alpha value is -2.83. The Labute approximate surface area is 184 Å². The van der Waals surface area contributed by atoms with Gasteiger partial charge >= 0.3 is 0 Å². The van der Waals surface area contributed by atoms with E-state index >= 15 is 0 Å². The third-order valence-electron chi connectivity index (χ3n) is 5.32.